The van der Waals surface area contributed by atoms with Crippen molar-refractivity contribution in [1.82, 2.24) is 5.32 Å². The van der Waals surface area contributed by atoms with Gasteiger partial charge in [0.1, 0.15) is 0 Å². The zero-order valence-corrected chi connectivity index (χ0v) is 7.63. The van der Waals surface area contributed by atoms with Gasteiger partial charge in [0.15, 0.2) is 5.25 Å². The van der Waals surface area contributed by atoms with Gasteiger partial charge in [-0.3, -0.25) is 9.59 Å². The van der Waals surface area contributed by atoms with Crippen molar-refractivity contribution in [3.8, 4) is 0 Å². The molecule has 1 fully saturated rings. The lowest BCUT2D eigenvalue weighted by atomic mass is 10.4. The van der Waals surface area contributed by atoms with Crippen LogP contribution in [0.5, 0.6) is 0 Å². The summed E-state index contributed by atoms with van der Waals surface area (Å²) in [6.07, 6.45) is 0. The number of hydrogen-bond donors (Lipinski definition) is 2. The molecule has 0 aromatic heterocycles. The molecule has 1 heterocycles. The van der Waals surface area contributed by atoms with Crippen LogP contribution in [0, 0.1) is 0 Å². The fourth-order valence-electron chi connectivity index (χ4n) is 0.787. The number of thioether (sulfide) groups is 1. The smallest absolute Gasteiger partial charge is 0.329 e. The largest absolute Gasteiger partial charge is 0.465 e. The monoisotopic (exact) mass is 204 g/mol. The van der Waals surface area contributed by atoms with Crippen LogP contribution in [0.1, 0.15) is 6.92 Å². The predicted molar refractivity (Wildman–Crippen MR) is 45.4 cm³/mol. The molecule has 1 aliphatic rings. The number of rotatable bonds is 2. The van der Waals surface area contributed by atoms with Crippen molar-refractivity contribution in [1.29, 1.82) is 0 Å². The minimum atomic E-state index is -0.953. The minimum Gasteiger partial charge on any atom is -0.465 e. The average molecular weight is 204 g/mol. The van der Waals surface area contributed by atoms with Gasteiger partial charge in [-0.05, 0) is 6.92 Å². The van der Waals surface area contributed by atoms with Gasteiger partial charge in [0.05, 0.1) is 6.61 Å². The van der Waals surface area contributed by atoms with E-state index in [4.69, 9.17) is 5.21 Å². The molecule has 1 saturated heterocycles. The summed E-state index contributed by atoms with van der Waals surface area (Å²) in [6.45, 7) is 1.87. The maximum Gasteiger partial charge on any atom is 0.329 e. The molecular weight excluding hydrogens is 196 g/mol. The van der Waals surface area contributed by atoms with Crippen molar-refractivity contribution in [2.24, 2.45) is 5.16 Å². The third-order valence-electron chi connectivity index (χ3n) is 1.29. The number of nitrogens with zero attached hydrogens (tertiary/aromatic N) is 1. The molecule has 1 aliphatic heterocycles. The third kappa shape index (κ3) is 2.11. The molecule has 0 spiro atoms. The SMILES string of the molecule is CCOC(=O)[C@@H]1SC(=NO)NC1=O. The van der Waals surface area contributed by atoms with E-state index in [2.05, 4.69) is 15.2 Å². The van der Waals surface area contributed by atoms with Crippen LogP contribution < -0.4 is 5.32 Å². The molecule has 72 valence electrons. The van der Waals surface area contributed by atoms with E-state index in [0.717, 1.165) is 11.8 Å². The fraction of sp³-hybridized carbons (Fsp3) is 0.500. The average Bonchev–Trinajstić information content (AvgIpc) is 2.47. The number of oxime groups is 1. The van der Waals surface area contributed by atoms with E-state index in [1.807, 2.05) is 0 Å². The highest BCUT2D eigenvalue weighted by Gasteiger charge is 2.37. The summed E-state index contributed by atoms with van der Waals surface area (Å²) in [5.74, 6) is -1.14. The van der Waals surface area contributed by atoms with Crippen LogP contribution >= 0.6 is 11.8 Å². The van der Waals surface area contributed by atoms with E-state index in [1.54, 1.807) is 6.92 Å². The van der Waals surface area contributed by atoms with E-state index >= 15 is 0 Å². The second-order valence-corrected chi connectivity index (χ2v) is 3.24. The maximum absolute atomic E-state index is 11.1. The third-order valence-corrected chi connectivity index (χ3v) is 2.34. The first-order valence-corrected chi connectivity index (χ1v) is 4.43. The van der Waals surface area contributed by atoms with Crippen molar-refractivity contribution in [2.45, 2.75) is 12.2 Å². The van der Waals surface area contributed by atoms with Crippen LogP contribution in [0.4, 0.5) is 0 Å². The van der Waals surface area contributed by atoms with Crippen molar-refractivity contribution in [3.05, 3.63) is 0 Å². The molecule has 0 aromatic carbocycles. The highest BCUT2D eigenvalue weighted by molar-refractivity contribution is 8.16. The molecule has 2 N–H and O–H groups in total. The van der Waals surface area contributed by atoms with E-state index in [-0.39, 0.29) is 11.8 Å². The lowest BCUT2D eigenvalue weighted by Gasteiger charge is -2.03. The molecule has 0 unspecified atom stereocenters. The Balaban J connectivity index is 2.62. The van der Waals surface area contributed by atoms with Gasteiger partial charge >= 0.3 is 5.97 Å². The van der Waals surface area contributed by atoms with Crippen molar-refractivity contribution < 1.29 is 19.5 Å². The van der Waals surface area contributed by atoms with Gasteiger partial charge in [-0.2, -0.15) is 0 Å². The Morgan fingerprint density at radius 3 is 3.00 bits per heavy atom. The van der Waals surface area contributed by atoms with Crippen LogP contribution in [0.3, 0.4) is 0 Å². The van der Waals surface area contributed by atoms with E-state index in [0.29, 0.717) is 0 Å². The second-order valence-electron chi connectivity index (χ2n) is 2.14. The lowest BCUT2D eigenvalue weighted by molar-refractivity contribution is -0.144. The van der Waals surface area contributed by atoms with Crippen LogP contribution in [0.2, 0.25) is 0 Å². The molecule has 13 heavy (non-hydrogen) atoms. The van der Waals surface area contributed by atoms with E-state index in [1.165, 1.54) is 0 Å². The Kier molecular flexibility index (Phi) is 3.13. The van der Waals surface area contributed by atoms with Gasteiger partial charge in [0, 0.05) is 0 Å². The topological polar surface area (TPSA) is 88.0 Å². The van der Waals surface area contributed by atoms with Crippen LogP contribution in [0.25, 0.3) is 0 Å². The zero-order valence-electron chi connectivity index (χ0n) is 6.81. The predicted octanol–water partition coefficient (Wildman–Crippen LogP) is -0.474. The number of hydrogen-bond acceptors (Lipinski definition) is 6. The summed E-state index contributed by atoms with van der Waals surface area (Å²) in [6, 6.07) is 0. The quantitative estimate of drug-likeness (QED) is 0.275. The molecule has 0 radical (unpaired) electrons. The standard InChI is InChI=1S/C6H8N2O4S/c1-2-12-5(10)3-4(9)7-6(8-11)13-3/h3,11H,2H2,1H3,(H,7,8,9)/t3-/m1/s1. The number of esters is 1. The Morgan fingerprint density at radius 1 is 1.85 bits per heavy atom. The molecule has 0 aliphatic carbocycles. The zero-order chi connectivity index (χ0) is 9.84. The molecule has 6 nitrogen and oxygen atoms in total. The molecule has 7 heteroatoms. The summed E-state index contributed by atoms with van der Waals surface area (Å²) >= 11 is 0.832. The van der Waals surface area contributed by atoms with Gasteiger partial charge in [-0.25, -0.2) is 0 Å². The normalized spacial score (nSPS) is 24.5. The number of carbonyl (C=O) groups is 2. The number of amidine groups is 1. The Hall–Kier alpha value is -1.24. The summed E-state index contributed by atoms with van der Waals surface area (Å²) in [5, 5.41) is 12.4. The van der Waals surface area contributed by atoms with Crippen molar-refractivity contribution >= 4 is 28.8 Å². The number of carbonyl (C=O) groups excluding carboxylic acids is 2. The lowest BCUT2D eigenvalue weighted by Crippen LogP contribution is -2.31. The van der Waals surface area contributed by atoms with E-state index in [9.17, 15) is 9.59 Å². The first kappa shape index (κ1) is 9.85. The van der Waals surface area contributed by atoms with Gasteiger partial charge in [-0.15, -0.1) is 0 Å². The number of nitrogens with one attached hydrogen (secondary N) is 1. The fourth-order valence-corrected chi connectivity index (χ4v) is 1.55. The molecule has 0 aromatic rings. The minimum absolute atomic E-state index is 0.0167. The highest BCUT2D eigenvalue weighted by atomic mass is 32.2. The second kappa shape index (κ2) is 4.13. The summed E-state index contributed by atoms with van der Waals surface area (Å²) in [7, 11) is 0. The molecule has 1 amide bonds. The summed E-state index contributed by atoms with van der Waals surface area (Å²) in [4.78, 5) is 22.1. The Bertz CT molecular complexity index is 265. The van der Waals surface area contributed by atoms with Gasteiger partial charge < -0.3 is 15.3 Å². The van der Waals surface area contributed by atoms with Gasteiger partial charge in [0.25, 0.3) is 5.91 Å². The molecule has 0 bridgehead atoms. The first-order chi connectivity index (χ1) is 6.19. The Labute approximate surface area is 78.3 Å². The summed E-state index contributed by atoms with van der Waals surface area (Å²) in [5.41, 5.74) is 0. The highest BCUT2D eigenvalue weighted by Crippen LogP contribution is 2.19. The van der Waals surface area contributed by atoms with Crippen LogP contribution in [0.15, 0.2) is 5.16 Å². The van der Waals surface area contributed by atoms with Crippen molar-refractivity contribution in [2.75, 3.05) is 6.61 Å². The van der Waals surface area contributed by atoms with E-state index < -0.39 is 17.1 Å². The molecule has 0 saturated carbocycles. The number of ether oxygens (including phenoxy) is 1. The van der Waals surface area contributed by atoms with Gasteiger partial charge in [0.2, 0.25) is 5.17 Å². The summed E-state index contributed by atoms with van der Waals surface area (Å²) < 4.78 is 4.63. The first-order valence-electron chi connectivity index (χ1n) is 3.55. The van der Waals surface area contributed by atoms with Crippen molar-refractivity contribution in [3.63, 3.8) is 0 Å². The molecular formula is C6H8N2O4S. The Morgan fingerprint density at radius 2 is 2.54 bits per heavy atom. The van der Waals surface area contributed by atoms with Crippen LogP contribution in [-0.2, 0) is 14.3 Å². The van der Waals surface area contributed by atoms with Gasteiger partial charge in [-0.1, -0.05) is 16.9 Å². The molecule has 1 rings (SSSR count). The molecule has 1 atom stereocenters. The maximum atomic E-state index is 11.1. The number of amides is 1. The van der Waals surface area contributed by atoms with Crippen LogP contribution in [-0.4, -0.2) is 34.1 Å².